The Morgan fingerprint density at radius 1 is 1.26 bits per heavy atom. The third-order valence-corrected chi connectivity index (χ3v) is 5.45. The van der Waals surface area contributed by atoms with Gasteiger partial charge in [0.15, 0.2) is 0 Å². The van der Waals surface area contributed by atoms with Crippen molar-refractivity contribution in [2.24, 2.45) is 0 Å². The Morgan fingerprint density at radius 3 is 2.79 bits per heavy atom. The highest BCUT2D eigenvalue weighted by Gasteiger charge is 2.13. The van der Waals surface area contributed by atoms with Crippen LogP contribution in [0.4, 0.5) is 5.69 Å². The van der Waals surface area contributed by atoms with E-state index in [0.717, 1.165) is 8.40 Å². The number of thiophene rings is 1. The van der Waals surface area contributed by atoms with Gasteiger partial charge in [0.05, 0.1) is 19.6 Å². The van der Waals surface area contributed by atoms with E-state index in [2.05, 4.69) is 57.8 Å². The number of hydrogen-bond donors (Lipinski definition) is 1. The summed E-state index contributed by atoms with van der Waals surface area (Å²) in [7, 11) is 0. The summed E-state index contributed by atoms with van der Waals surface area (Å²) >= 11 is 5.72. The molecule has 0 unspecified atom stereocenters. The monoisotopic (exact) mass is 401 g/mol. The smallest absolute Gasteiger partial charge is 0.126 e. The van der Waals surface area contributed by atoms with Crippen LogP contribution in [0.5, 0.6) is 0 Å². The van der Waals surface area contributed by atoms with Crippen LogP contribution in [0.2, 0.25) is 0 Å². The van der Waals surface area contributed by atoms with Gasteiger partial charge in [-0.3, -0.25) is 4.98 Å². The Morgan fingerprint density at radius 2 is 2.11 bits per heavy atom. The lowest BCUT2D eigenvalue weighted by Gasteiger charge is -2.12. The van der Waals surface area contributed by atoms with Gasteiger partial charge in [-0.05, 0) is 42.5 Å². The number of halogens is 1. The molecular formula is C13H12IN3S2. The van der Waals surface area contributed by atoms with Gasteiger partial charge in [-0.1, -0.05) is 0 Å². The molecule has 0 saturated carbocycles. The van der Waals surface area contributed by atoms with Crippen molar-refractivity contribution in [3.63, 3.8) is 0 Å². The fourth-order valence-corrected chi connectivity index (χ4v) is 4.16. The van der Waals surface area contributed by atoms with Crippen LogP contribution in [0.25, 0.3) is 20.0 Å². The van der Waals surface area contributed by atoms with E-state index < -0.39 is 0 Å². The lowest BCUT2D eigenvalue weighted by Crippen LogP contribution is -2.11. The van der Waals surface area contributed by atoms with Gasteiger partial charge in [0, 0.05) is 28.7 Å². The molecule has 0 bridgehead atoms. The summed E-state index contributed by atoms with van der Waals surface area (Å²) in [5.74, 6) is 0. The van der Waals surface area contributed by atoms with Crippen LogP contribution in [0.15, 0.2) is 24.0 Å². The predicted octanol–water partition coefficient (Wildman–Crippen LogP) is 4.84. The number of anilines is 1. The van der Waals surface area contributed by atoms with Crippen molar-refractivity contribution in [1.82, 2.24) is 9.97 Å². The fraction of sp³-hybridized carbons (Fsp3) is 0.231. The Kier molecular flexibility index (Phi) is 3.72. The molecule has 3 aromatic heterocycles. The van der Waals surface area contributed by atoms with E-state index in [9.17, 15) is 0 Å². The number of fused-ring (bicyclic) bond motifs is 1. The van der Waals surface area contributed by atoms with Crippen molar-refractivity contribution < 1.29 is 0 Å². The first-order valence-electron chi connectivity index (χ1n) is 5.88. The quantitative estimate of drug-likeness (QED) is 0.638. The van der Waals surface area contributed by atoms with E-state index in [1.165, 1.54) is 20.8 Å². The standard InChI is InChI=1S/C13H12IN3S2/c1-7(2)17-12-8-3-10(11-5-15-6-18-11)19-13(8)16-4-9(12)14/h3-7H,1-2H3,(H,16,17). The second-order valence-corrected chi connectivity index (χ2v) is 7.55. The van der Waals surface area contributed by atoms with Gasteiger partial charge < -0.3 is 5.32 Å². The van der Waals surface area contributed by atoms with Crippen molar-refractivity contribution in [2.45, 2.75) is 19.9 Å². The van der Waals surface area contributed by atoms with Gasteiger partial charge in [0.2, 0.25) is 0 Å². The van der Waals surface area contributed by atoms with Gasteiger partial charge in [0.1, 0.15) is 4.83 Å². The first-order valence-corrected chi connectivity index (χ1v) is 8.66. The fourth-order valence-electron chi connectivity index (χ4n) is 1.86. The lowest BCUT2D eigenvalue weighted by molar-refractivity contribution is 0.900. The second kappa shape index (κ2) is 5.34. The number of aromatic nitrogens is 2. The van der Waals surface area contributed by atoms with E-state index in [0.29, 0.717) is 6.04 Å². The topological polar surface area (TPSA) is 37.8 Å². The van der Waals surface area contributed by atoms with Crippen LogP contribution in [0.3, 0.4) is 0 Å². The Bertz CT molecular complexity index is 704. The molecule has 6 heteroatoms. The van der Waals surface area contributed by atoms with E-state index in [4.69, 9.17) is 0 Å². The highest BCUT2D eigenvalue weighted by Crippen LogP contribution is 2.38. The molecule has 0 amide bonds. The molecule has 19 heavy (non-hydrogen) atoms. The maximum absolute atomic E-state index is 4.53. The van der Waals surface area contributed by atoms with Crippen molar-refractivity contribution in [3.8, 4) is 9.75 Å². The number of thiazole rings is 1. The van der Waals surface area contributed by atoms with Crippen LogP contribution < -0.4 is 5.32 Å². The predicted molar refractivity (Wildman–Crippen MR) is 92.2 cm³/mol. The molecule has 1 N–H and O–H groups in total. The zero-order valence-corrected chi connectivity index (χ0v) is 14.3. The zero-order valence-electron chi connectivity index (χ0n) is 10.5. The zero-order chi connectivity index (χ0) is 13.4. The number of pyridine rings is 1. The van der Waals surface area contributed by atoms with E-state index in [-0.39, 0.29) is 0 Å². The minimum atomic E-state index is 0.408. The molecule has 0 radical (unpaired) electrons. The summed E-state index contributed by atoms with van der Waals surface area (Å²) in [6, 6.07) is 2.62. The van der Waals surface area contributed by atoms with Crippen LogP contribution in [-0.2, 0) is 0 Å². The molecule has 0 aromatic carbocycles. The van der Waals surface area contributed by atoms with Crippen molar-refractivity contribution in [3.05, 3.63) is 27.5 Å². The minimum Gasteiger partial charge on any atom is -0.381 e. The minimum absolute atomic E-state index is 0.408. The Labute approximate surface area is 133 Å². The first kappa shape index (κ1) is 13.3. The van der Waals surface area contributed by atoms with Gasteiger partial charge in [0.25, 0.3) is 0 Å². The largest absolute Gasteiger partial charge is 0.381 e. The van der Waals surface area contributed by atoms with Crippen molar-refractivity contribution in [1.29, 1.82) is 0 Å². The molecule has 3 rings (SSSR count). The number of nitrogens with one attached hydrogen (secondary N) is 1. The van der Waals surface area contributed by atoms with E-state index >= 15 is 0 Å². The van der Waals surface area contributed by atoms with Gasteiger partial charge in [-0.15, -0.1) is 22.7 Å². The molecule has 0 spiro atoms. The summed E-state index contributed by atoms with van der Waals surface area (Å²) < 4.78 is 1.16. The second-order valence-electron chi connectivity index (χ2n) is 4.48. The maximum Gasteiger partial charge on any atom is 0.126 e. The summed E-state index contributed by atoms with van der Waals surface area (Å²) in [5, 5.41) is 4.72. The van der Waals surface area contributed by atoms with E-state index in [1.54, 1.807) is 22.7 Å². The number of rotatable bonds is 3. The van der Waals surface area contributed by atoms with Crippen molar-refractivity contribution in [2.75, 3.05) is 5.32 Å². The third-order valence-electron chi connectivity index (χ3n) is 2.62. The summed E-state index contributed by atoms with van der Waals surface area (Å²) in [6.45, 7) is 4.30. The average Bonchev–Trinajstić information content (AvgIpc) is 3.00. The Balaban J connectivity index is 2.17. The van der Waals surface area contributed by atoms with Gasteiger partial charge in [-0.25, -0.2) is 4.98 Å². The van der Waals surface area contributed by atoms with Crippen LogP contribution in [0.1, 0.15) is 13.8 Å². The normalized spacial score (nSPS) is 11.4. The molecule has 0 atom stereocenters. The molecule has 3 aromatic rings. The van der Waals surface area contributed by atoms with Crippen molar-refractivity contribution >= 4 is 61.2 Å². The lowest BCUT2D eigenvalue weighted by atomic mass is 10.2. The van der Waals surface area contributed by atoms with Crippen LogP contribution in [-0.4, -0.2) is 16.0 Å². The summed E-state index contributed by atoms with van der Waals surface area (Å²) in [5.41, 5.74) is 3.05. The molecule has 98 valence electrons. The first-order chi connectivity index (χ1) is 9.15. The molecule has 3 heterocycles. The molecular weight excluding hydrogens is 389 g/mol. The van der Waals surface area contributed by atoms with E-state index in [1.807, 2.05) is 17.9 Å². The maximum atomic E-state index is 4.53. The number of hydrogen-bond acceptors (Lipinski definition) is 5. The highest BCUT2D eigenvalue weighted by molar-refractivity contribution is 14.1. The summed E-state index contributed by atoms with van der Waals surface area (Å²) in [4.78, 5) is 12.2. The summed E-state index contributed by atoms with van der Waals surface area (Å²) in [6.07, 6.45) is 3.84. The third kappa shape index (κ3) is 2.61. The number of nitrogens with zero attached hydrogens (tertiary/aromatic N) is 2. The SMILES string of the molecule is CC(C)Nc1c(I)cnc2sc(-c3cncs3)cc12. The Hall–Kier alpha value is -0.730. The molecule has 0 aliphatic heterocycles. The van der Waals surface area contributed by atoms with Crippen LogP contribution in [0, 0.1) is 3.57 Å². The van der Waals surface area contributed by atoms with Crippen LogP contribution >= 0.6 is 45.3 Å². The molecule has 0 fully saturated rings. The average molecular weight is 401 g/mol. The molecule has 0 aliphatic carbocycles. The molecule has 3 nitrogen and oxygen atoms in total. The van der Waals surface area contributed by atoms with Gasteiger partial charge >= 0.3 is 0 Å². The molecule has 0 saturated heterocycles. The molecule has 0 aliphatic rings. The highest BCUT2D eigenvalue weighted by atomic mass is 127. The van der Waals surface area contributed by atoms with Gasteiger partial charge in [-0.2, -0.15) is 0 Å².